The number of aryl methyl sites for hydroxylation is 2. The van der Waals surface area contributed by atoms with Crippen LogP contribution in [0.5, 0.6) is 5.75 Å². The monoisotopic (exact) mass is 416 g/mol. The zero-order valence-corrected chi connectivity index (χ0v) is 17.3. The van der Waals surface area contributed by atoms with Gasteiger partial charge in [-0.2, -0.15) is 0 Å². The second kappa shape index (κ2) is 8.95. The van der Waals surface area contributed by atoms with E-state index in [0.717, 1.165) is 41.0 Å². The summed E-state index contributed by atoms with van der Waals surface area (Å²) in [4.78, 5) is 20.5. The number of nitrogens with one attached hydrogen (secondary N) is 2. The summed E-state index contributed by atoms with van der Waals surface area (Å²) >= 11 is 0. The van der Waals surface area contributed by atoms with Crippen molar-refractivity contribution in [3.63, 3.8) is 0 Å². The van der Waals surface area contributed by atoms with Crippen LogP contribution in [0.2, 0.25) is 0 Å². The number of rotatable bonds is 7. The van der Waals surface area contributed by atoms with Crippen molar-refractivity contribution in [1.29, 1.82) is 5.41 Å². The highest BCUT2D eigenvalue weighted by Crippen LogP contribution is 2.36. The molecule has 7 heteroatoms. The number of ether oxygens (including phenoxy) is 1. The molecule has 0 fully saturated rings. The van der Waals surface area contributed by atoms with Crippen LogP contribution in [-0.2, 0) is 24.2 Å². The molecule has 0 bridgehead atoms. The Bertz CT molecular complexity index is 1130. The van der Waals surface area contributed by atoms with Gasteiger partial charge in [0.1, 0.15) is 11.6 Å². The zero-order chi connectivity index (χ0) is 21.8. The van der Waals surface area contributed by atoms with Crippen molar-refractivity contribution in [2.24, 2.45) is 0 Å². The Hall–Kier alpha value is -3.74. The summed E-state index contributed by atoms with van der Waals surface area (Å²) in [5.74, 6) is 0.472. The number of nitrogens with zero attached hydrogens (tertiary/aromatic N) is 2. The van der Waals surface area contributed by atoms with Gasteiger partial charge in [0.25, 0.3) is 0 Å². The van der Waals surface area contributed by atoms with E-state index in [1.165, 1.54) is 6.21 Å². The summed E-state index contributed by atoms with van der Waals surface area (Å²) < 4.78 is 5.73. The van der Waals surface area contributed by atoms with Gasteiger partial charge in [-0.05, 0) is 66.3 Å². The molecule has 7 nitrogen and oxygen atoms in total. The summed E-state index contributed by atoms with van der Waals surface area (Å²) in [6, 6.07) is 11.6. The van der Waals surface area contributed by atoms with E-state index in [-0.39, 0.29) is 6.42 Å². The fourth-order valence-corrected chi connectivity index (χ4v) is 3.92. The van der Waals surface area contributed by atoms with Crippen molar-refractivity contribution < 1.29 is 14.6 Å². The van der Waals surface area contributed by atoms with Crippen molar-refractivity contribution in [2.45, 2.75) is 32.7 Å². The summed E-state index contributed by atoms with van der Waals surface area (Å²) in [5.41, 5.74) is 5.34. The molecule has 3 heterocycles. The number of fused-ring (bicyclic) bond motifs is 1. The first-order valence-electron chi connectivity index (χ1n) is 10.2. The van der Waals surface area contributed by atoms with E-state index in [2.05, 4.69) is 15.3 Å². The van der Waals surface area contributed by atoms with Gasteiger partial charge < -0.3 is 20.6 Å². The van der Waals surface area contributed by atoms with Gasteiger partial charge in [-0.15, -0.1) is 0 Å². The molecule has 158 valence electrons. The van der Waals surface area contributed by atoms with Crippen LogP contribution in [0.1, 0.15) is 34.5 Å². The highest BCUT2D eigenvalue weighted by molar-refractivity contribution is 5.97. The van der Waals surface area contributed by atoms with E-state index in [1.54, 1.807) is 6.20 Å². The molecule has 0 spiro atoms. The lowest BCUT2D eigenvalue weighted by Crippen LogP contribution is -2.13. The fourth-order valence-electron chi connectivity index (χ4n) is 3.92. The molecule has 2 aromatic heterocycles. The van der Waals surface area contributed by atoms with Gasteiger partial charge >= 0.3 is 5.97 Å². The maximum atomic E-state index is 11.6. The highest BCUT2D eigenvalue weighted by Gasteiger charge is 2.21. The first kappa shape index (κ1) is 20.5. The van der Waals surface area contributed by atoms with Crippen LogP contribution in [0.25, 0.3) is 11.1 Å². The number of anilines is 1. The molecule has 0 aliphatic carbocycles. The van der Waals surface area contributed by atoms with E-state index in [0.29, 0.717) is 35.8 Å². The Morgan fingerprint density at radius 3 is 2.94 bits per heavy atom. The summed E-state index contributed by atoms with van der Waals surface area (Å²) in [7, 11) is 0. The van der Waals surface area contributed by atoms with Crippen LogP contribution in [0.3, 0.4) is 0 Å². The van der Waals surface area contributed by atoms with Crippen LogP contribution in [-0.4, -0.2) is 33.9 Å². The van der Waals surface area contributed by atoms with Gasteiger partial charge in [0.2, 0.25) is 0 Å². The van der Waals surface area contributed by atoms with Crippen molar-refractivity contribution in [3.05, 3.63) is 70.7 Å². The first-order valence-corrected chi connectivity index (χ1v) is 10.2. The number of aliphatic carboxylic acids is 1. The average molecular weight is 416 g/mol. The van der Waals surface area contributed by atoms with Gasteiger partial charge in [-0.25, -0.2) is 4.98 Å². The highest BCUT2D eigenvalue weighted by atomic mass is 16.5. The van der Waals surface area contributed by atoms with Crippen LogP contribution < -0.4 is 10.1 Å². The third-order valence-corrected chi connectivity index (χ3v) is 5.38. The number of carboxylic acids is 1. The maximum Gasteiger partial charge on any atom is 0.307 e. The van der Waals surface area contributed by atoms with Gasteiger partial charge in [0, 0.05) is 23.7 Å². The third kappa shape index (κ3) is 4.40. The number of benzene rings is 1. The minimum atomic E-state index is -0.933. The SMILES string of the molecule is Cc1nc(NCc2ccccn2)c(C=N)c(-c2ccc3c(c2)CCCO3)c1CC(=O)O. The Kier molecular flexibility index (Phi) is 5.93. The molecular formula is C24H24N4O3. The maximum absolute atomic E-state index is 11.6. The Morgan fingerprint density at radius 1 is 1.32 bits per heavy atom. The minimum absolute atomic E-state index is 0.164. The van der Waals surface area contributed by atoms with Crippen molar-refractivity contribution in [1.82, 2.24) is 9.97 Å². The number of carbonyl (C=O) groups is 1. The number of hydrogen-bond donors (Lipinski definition) is 3. The molecule has 3 aromatic rings. The molecule has 0 atom stereocenters. The van der Waals surface area contributed by atoms with E-state index in [4.69, 9.17) is 10.1 Å². The molecule has 4 rings (SSSR count). The predicted molar refractivity (Wildman–Crippen MR) is 119 cm³/mol. The molecule has 3 N–H and O–H groups in total. The second-order valence-corrected chi connectivity index (χ2v) is 7.48. The number of aromatic nitrogens is 2. The lowest BCUT2D eigenvalue weighted by atomic mass is 9.90. The van der Waals surface area contributed by atoms with Gasteiger partial charge in [-0.3, -0.25) is 9.78 Å². The van der Waals surface area contributed by atoms with Gasteiger partial charge in [0.05, 0.1) is 25.3 Å². The molecule has 0 unspecified atom stereocenters. The zero-order valence-electron chi connectivity index (χ0n) is 17.3. The molecule has 0 saturated carbocycles. The van der Waals surface area contributed by atoms with E-state index in [1.807, 2.05) is 43.3 Å². The normalized spacial score (nSPS) is 12.5. The number of carboxylic acid groups (broad SMARTS) is 1. The summed E-state index contributed by atoms with van der Waals surface area (Å²) in [5, 5.41) is 20.9. The molecule has 31 heavy (non-hydrogen) atoms. The standard InChI is InChI=1S/C24H24N4O3/c1-15-19(12-22(29)30)23(17-7-8-21-16(11-17)5-4-10-31-21)20(13-25)24(28-15)27-14-18-6-2-3-9-26-18/h2-3,6-9,11,13,25H,4-5,10,12,14H2,1H3,(H,27,28)(H,29,30). The van der Waals surface area contributed by atoms with E-state index >= 15 is 0 Å². The Balaban J connectivity index is 1.83. The largest absolute Gasteiger partial charge is 0.493 e. The third-order valence-electron chi connectivity index (χ3n) is 5.38. The smallest absolute Gasteiger partial charge is 0.307 e. The second-order valence-electron chi connectivity index (χ2n) is 7.48. The van der Waals surface area contributed by atoms with Crippen molar-refractivity contribution in [3.8, 4) is 16.9 Å². The fraction of sp³-hybridized carbons (Fsp3) is 0.250. The minimum Gasteiger partial charge on any atom is -0.493 e. The quantitative estimate of drug-likeness (QED) is 0.502. The van der Waals surface area contributed by atoms with E-state index in [9.17, 15) is 9.90 Å². The summed E-state index contributed by atoms with van der Waals surface area (Å²) in [6.07, 6.45) is 4.66. The van der Waals surface area contributed by atoms with Crippen LogP contribution >= 0.6 is 0 Å². The van der Waals surface area contributed by atoms with Crippen molar-refractivity contribution >= 4 is 18.0 Å². The number of pyridine rings is 2. The van der Waals surface area contributed by atoms with Crippen LogP contribution in [0, 0.1) is 12.3 Å². The van der Waals surface area contributed by atoms with Gasteiger partial charge in [0.15, 0.2) is 0 Å². The lowest BCUT2D eigenvalue weighted by Gasteiger charge is -2.21. The van der Waals surface area contributed by atoms with Gasteiger partial charge in [-0.1, -0.05) is 12.1 Å². The molecule has 0 radical (unpaired) electrons. The molecule has 0 saturated heterocycles. The van der Waals surface area contributed by atoms with Crippen molar-refractivity contribution in [2.75, 3.05) is 11.9 Å². The Morgan fingerprint density at radius 2 is 2.19 bits per heavy atom. The molecule has 1 aliphatic heterocycles. The van der Waals surface area contributed by atoms with Crippen LogP contribution in [0.15, 0.2) is 42.6 Å². The van der Waals surface area contributed by atoms with Crippen LogP contribution in [0.4, 0.5) is 5.82 Å². The summed E-state index contributed by atoms with van der Waals surface area (Å²) in [6.45, 7) is 2.96. The molecular weight excluding hydrogens is 392 g/mol. The predicted octanol–water partition coefficient (Wildman–Crippen LogP) is 4.01. The topological polar surface area (TPSA) is 108 Å². The molecule has 0 amide bonds. The molecule has 1 aliphatic rings. The molecule has 1 aromatic carbocycles. The average Bonchev–Trinajstić information content (AvgIpc) is 2.79. The van der Waals surface area contributed by atoms with E-state index < -0.39 is 5.97 Å². The lowest BCUT2D eigenvalue weighted by molar-refractivity contribution is -0.136. The first-order chi connectivity index (χ1) is 15.1. The number of hydrogen-bond acceptors (Lipinski definition) is 6. The Labute approximate surface area is 180 Å².